The van der Waals surface area contributed by atoms with Crippen molar-refractivity contribution in [1.82, 2.24) is 10.2 Å². The largest absolute Gasteiger partial charge is 0.403 e. The molecule has 3 atom stereocenters. The third-order valence-electron chi connectivity index (χ3n) is 6.70. The molecule has 2 fully saturated rings. The molecule has 0 aromatic heterocycles. The number of aliphatic hydroxyl groups is 2. The molecule has 2 heterocycles. The Hall–Kier alpha value is -1.80. The quantitative estimate of drug-likeness (QED) is 0.290. The van der Waals surface area contributed by atoms with Crippen molar-refractivity contribution in [2.45, 2.75) is 56.1 Å². The Morgan fingerprint density at radius 1 is 1.00 bits per heavy atom. The van der Waals surface area contributed by atoms with E-state index in [0.29, 0.717) is 45.6 Å². The van der Waals surface area contributed by atoms with Gasteiger partial charge in [0.05, 0.1) is 38.6 Å². The second-order valence-electron chi connectivity index (χ2n) is 9.97. The minimum absolute atomic E-state index is 0.317. The number of ether oxygens (including phenoxy) is 5. The molecular formula is C29H54N4O7. The van der Waals surface area contributed by atoms with Gasteiger partial charge in [-0.05, 0) is 30.4 Å². The van der Waals surface area contributed by atoms with Crippen molar-refractivity contribution in [2.24, 2.45) is 11.5 Å². The molecule has 0 saturated carbocycles. The monoisotopic (exact) mass is 570 g/mol. The summed E-state index contributed by atoms with van der Waals surface area (Å²) in [7, 11) is 6.47. The molecule has 0 bridgehead atoms. The Kier molecular flexibility index (Phi) is 19.8. The van der Waals surface area contributed by atoms with Gasteiger partial charge in [-0.3, -0.25) is 0 Å². The first-order valence-corrected chi connectivity index (χ1v) is 14.0. The number of fused-ring (bicyclic) bond motifs is 1. The van der Waals surface area contributed by atoms with Crippen molar-refractivity contribution in [3.63, 3.8) is 0 Å². The number of hydrogen-bond donors (Lipinski definition) is 5. The van der Waals surface area contributed by atoms with E-state index in [2.05, 4.69) is 39.2 Å². The highest BCUT2D eigenvalue weighted by atomic mass is 16.7. The first-order chi connectivity index (χ1) is 19.4. The molecule has 3 aliphatic rings. The Morgan fingerprint density at radius 3 is 2.15 bits per heavy atom. The van der Waals surface area contributed by atoms with Gasteiger partial charge in [0.1, 0.15) is 0 Å². The van der Waals surface area contributed by atoms with Crippen molar-refractivity contribution in [3.05, 3.63) is 47.8 Å². The van der Waals surface area contributed by atoms with E-state index < -0.39 is 12.2 Å². The highest BCUT2D eigenvalue weighted by molar-refractivity contribution is 5.32. The van der Waals surface area contributed by atoms with E-state index in [-0.39, 0.29) is 5.79 Å². The molecular weight excluding hydrogens is 516 g/mol. The van der Waals surface area contributed by atoms with E-state index >= 15 is 0 Å². The summed E-state index contributed by atoms with van der Waals surface area (Å²) in [5.74, 6) is -0.317. The van der Waals surface area contributed by atoms with Crippen molar-refractivity contribution in [2.75, 3.05) is 81.0 Å². The van der Waals surface area contributed by atoms with Crippen LogP contribution < -0.4 is 16.8 Å². The maximum atomic E-state index is 9.64. The summed E-state index contributed by atoms with van der Waals surface area (Å²) in [6, 6.07) is 8.96. The highest BCUT2D eigenvalue weighted by Gasteiger charge is 2.39. The topological polar surface area (TPSA) is 154 Å². The summed E-state index contributed by atoms with van der Waals surface area (Å²) in [5.41, 5.74) is 12.3. The molecule has 11 heteroatoms. The Bertz CT molecular complexity index is 767. The molecule has 3 unspecified atom stereocenters. The van der Waals surface area contributed by atoms with Gasteiger partial charge in [-0.15, -0.1) is 0 Å². The van der Waals surface area contributed by atoms with Gasteiger partial charge < -0.3 is 55.6 Å². The number of β-amino-alcohol motifs (C(OH)–C–C–N with tert-alkyl or cyclic N) is 1. The highest BCUT2D eigenvalue weighted by Crippen LogP contribution is 2.31. The van der Waals surface area contributed by atoms with Gasteiger partial charge in [0.25, 0.3) is 0 Å². The molecule has 232 valence electrons. The normalized spacial score (nSPS) is 21.2. The van der Waals surface area contributed by atoms with Gasteiger partial charge in [0.15, 0.2) is 5.79 Å². The lowest BCUT2D eigenvalue weighted by Crippen LogP contribution is -2.47. The van der Waals surface area contributed by atoms with E-state index in [0.717, 1.165) is 32.4 Å². The molecule has 0 amide bonds. The zero-order valence-electron chi connectivity index (χ0n) is 24.9. The van der Waals surface area contributed by atoms with Crippen LogP contribution in [0.4, 0.5) is 0 Å². The van der Waals surface area contributed by atoms with Crippen LogP contribution in [0, 0.1) is 0 Å². The summed E-state index contributed by atoms with van der Waals surface area (Å²) in [6.45, 7) is 5.31. The molecule has 2 aliphatic heterocycles. The summed E-state index contributed by atoms with van der Waals surface area (Å²) in [4.78, 5) is 2.24. The van der Waals surface area contributed by atoms with E-state index in [1.54, 1.807) is 28.4 Å². The number of rotatable bonds is 9. The molecule has 1 aromatic rings. The predicted octanol–water partition coefficient (Wildman–Crippen LogP) is 1.13. The molecule has 1 aromatic carbocycles. The number of nitrogens with one attached hydrogen (secondary N) is 1. The molecule has 4 rings (SSSR count). The first-order valence-electron chi connectivity index (χ1n) is 14.0. The average Bonchev–Trinajstić information content (AvgIpc) is 3.42. The number of nitrogens with two attached hydrogens (primary N) is 2. The summed E-state index contributed by atoms with van der Waals surface area (Å²) < 4.78 is 25.4. The van der Waals surface area contributed by atoms with Crippen LogP contribution in [0.15, 0.2) is 36.7 Å². The Labute approximate surface area is 240 Å². The van der Waals surface area contributed by atoms with Crippen LogP contribution in [0.2, 0.25) is 0 Å². The van der Waals surface area contributed by atoms with Crippen LogP contribution in [0.3, 0.4) is 0 Å². The second-order valence-corrected chi connectivity index (χ2v) is 9.97. The van der Waals surface area contributed by atoms with Crippen molar-refractivity contribution >= 4 is 0 Å². The molecule has 1 aliphatic carbocycles. The molecule has 2 saturated heterocycles. The van der Waals surface area contributed by atoms with E-state index in [1.807, 2.05) is 0 Å². The number of aryl methyl sites for hydroxylation is 1. The van der Waals surface area contributed by atoms with Crippen molar-refractivity contribution in [1.29, 1.82) is 0 Å². The standard InChI is InChI=1S/C14H21NO2.C11H21NO4.C2H6N2.C2H6O/c1-17-10-12(16)9-15-14-8-4-6-11-5-2-3-7-13(11)14;1-14-9-10(13)8-12-4-2-11(3-5-12)15-6-7-16-11;3-1-2-4;1-3-2/h2-3,5,7,12,14-16H,4,6,8-10H2,1H3;10,13H,2-9H2,1H3;1-2H,3-4H2;1-2H3/b;;2-1-;. The van der Waals surface area contributed by atoms with Gasteiger partial charge in [-0.25, -0.2) is 0 Å². The van der Waals surface area contributed by atoms with Gasteiger partial charge in [0, 0.05) is 85.9 Å². The van der Waals surface area contributed by atoms with Crippen LogP contribution in [0.25, 0.3) is 0 Å². The molecule has 0 radical (unpaired) electrons. The number of piperidine rings is 1. The number of methoxy groups -OCH3 is 3. The third kappa shape index (κ3) is 14.2. The van der Waals surface area contributed by atoms with Crippen LogP contribution in [0.1, 0.15) is 42.9 Å². The van der Waals surface area contributed by atoms with Crippen LogP contribution in [-0.4, -0.2) is 114 Å². The minimum Gasteiger partial charge on any atom is -0.403 e. The zero-order valence-corrected chi connectivity index (χ0v) is 24.9. The van der Waals surface area contributed by atoms with Crippen LogP contribution in [0.5, 0.6) is 0 Å². The summed E-state index contributed by atoms with van der Waals surface area (Å²) >= 11 is 0. The first kappa shape index (κ1) is 36.2. The maximum Gasteiger partial charge on any atom is 0.170 e. The average molecular weight is 571 g/mol. The number of benzene rings is 1. The molecule has 11 nitrogen and oxygen atoms in total. The SMILES string of the molecule is COC.COCC(O)CN1CCC2(CC1)OCCO2.COCC(O)CNC1CCCc2ccccc21.N/C=C\N. The third-order valence-corrected chi connectivity index (χ3v) is 6.70. The Morgan fingerprint density at radius 2 is 1.57 bits per heavy atom. The number of aliphatic hydroxyl groups excluding tert-OH is 2. The van der Waals surface area contributed by atoms with Crippen molar-refractivity contribution < 1.29 is 33.9 Å². The zero-order chi connectivity index (χ0) is 29.6. The Balaban J connectivity index is 0.000000326. The van der Waals surface area contributed by atoms with Gasteiger partial charge in [0.2, 0.25) is 0 Å². The molecule has 1 spiro atoms. The van der Waals surface area contributed by atoms with Crippen molar-refractivity contribution in [3.8, 4) is 0 Å². The number of hydrogen-bond acceptors (Lipinski definition) is 11. The van der Waals surface area contributed by atoms with E-state index in [1.165, 1.54) is 36.4 Å². The minimum atomic E-state index is -0.422. The summed E-state index contributed by atoms with van der Waals surface area (Å²) in [6.07, 6.45) is 7.07. The van der Waals surface area contributed by atoms with Crippen LogP contribution in [-0.2, 0) is 30.1 Å². The number of likely N-dealkylation sites (tertiary alicyclic amines) is 1. The van der Waals surface area contributed by atoms with E-state index in [4.69, 9.17) is 30.4 Å². The molecule has 7 N–H and O–H groups in total. The fourth-order valence-corrected chi connectivity index (χ4v) is 4.90. The van der Waals surface area contributed by atoms with E-state index in [9.17, 15) is 10.2 Å². The predicted molar refractivity (Wildman–Crippen MR) is 157 cm³/mol. The number of nitrogens with zero attached hydrogens (tertiary/aromatic N) is 1. The smallest absolute Gasteiger partial charge is 0.170 e. The van der Waals surface area contributed by atoms with Gasteiger partial charge >= 0.3 is 0 Å². The maximum absolute atomic E-state index is 9.64. The second kappa shape index (κ2) is 21.9. The lowest BCUT2D eigenvalue weighted by Gasteiger charge is -2.38. The van der Waals surface area contributed by atoms with Gasteiger partial charge in [-0.1, -0.05) is 24.3 Å². The lowest BCUT2D eigenvalue weighted by atomic mass is 9.88. The van der Waals surface area contributed by atoms with Crippen LogP contribution >= 0.6 is 0 Å². The fourth-order valence-electron chi connectivity index (χ4n) is 4.90. The lowest BCUT2D eigenvalue weighted by molar-refractivity contribution is -0.186. The van der Waals surface area contributed by atoms with Gasteiger partial charge in [-0.2, -0.15) is 0 Å². The summed E-state index contributed by atoms with van der Waals surface area (Å²) in [5, 5.41) is 22.7. The fraction of sp³-hybridized carbons (Fsp3) is 0.724. The molecule has 40 heavy (non-hydrogen) atoms.